The van der Waals surface area contributed by atoms with Gasteiger partial charge in [0.1, 0.15) is 23.2 Å². The van der Waals surface area contributed by atoms with Gasteiger partial charge in [0.25, 0.3) is 5.91 Å². The smallest absolute Gasteiger partial charge is 0.329 e. The van der Waals surface area contributed by atoms with E-state index in [1.165, 1.54) is 17.9 Å². The highest BCUT2D eigenvalue weighted by molar-refractivity contribution is 6.09. The summed E-state index contributed by atoms with van der Waals surface area (Å²) in [6.07, 6.45) is 0.209. The molecule has 0 aliphatic rings. The van der Waals surface area contributed by atoms with E-state index in [9.17, 15) is 19.5 Å². The molecule has 6 heteroatoms. The molecule has 0 aliphatic carbocycles. The van der Waals surface area contributed by atoms with Gasteiger partial charge in [-0.3, -0.25) is 9.59 Å². The molecule has 1 amide bonds. The van der Waals surface area contributed by atoms with Gasteiger partial charge in [0.15, 0.2) is 0 Å². The number of nitrogens with zero attached hydrogens (tertiary/aromatic N) is 1. The van der Waals surface area contributed by atoms with Crippen molar-refractivity contribution in [2.45, 2.75) is 45.8 Å². The minimum absolute atomic E-state index is 0.0865. The normalized spacial score (nSPS) is 12.2. The van der Waals surface area contributed by atoms with E-state index >= 15 is 0 Å². The minimum Gasteiger partial charge on any atom is -0.508 e. The number of hydrogen-bond acceptors (Lipinski definition) is 5. The Hall–Kier alpha value is -3.67. The second-order valence-corrected chi connectivity index (χ2v) is 9.09. The molecular weight excluding hydrogens is 418 g/mol. The number of fused-ring (bicyclic) bond motifs is 1. The lowest BCUT2D eigenvalue weighted by molar-refractivity contribution is -0.160. The lowest BCUT2D eigenvalue weighted by Gasteiger charge is -2.32. The number of amides is 1. The second-order valence-electron chi connectivity index (χ2n) is 9.09. The van der Waals surface area contributed by atoms with Crippen LogP contribution in [0.5, 0.6) is 5.75 Å². The monoisotopic (exact) mass is 447 g/mol. The Kier molecular flexibility index (Phi) is 7.16. The number of Topliss-reactive ketones (excluding diaryl/α,β-unsaturated/α-hetero) is 1. The van der Waals surface area contributed by atoms with Crippen molar-refractivity contribution < 1.29 is 24.2 Å². The van der Waals surface area contributed by atoms with E-state index in [2.05, 4.69) is 0 Å². The zero-order valence-corrected chi connectivity index (χ0v) is 19.4. The summed E-state index contributed by atoms with van der Waals surface area (Å²) in [4.78, 5) is 40.5. The zero-order valence-electron chi connectivity index (χ0n) is 19.4. The van der Waals surface area contributed by atoms with Gasteiger partial charge in [-0.05, 0) is 68.3 Å². The van der Waals surface area contributed by atoms with Crippen LogP contribution in [0.1, 0.15) is 43.6 Å². The van der Waals surface area contributed by atoms with Gasteiger partial charge in [-0.1, -0.05) is 42.5 Å². The van der Waals surface area contributed by atoms with Gasteiger partial charge in [-0.15, -0.1) is 0 Å². The molecule has 0 saturated carbocycles. The van der Waals surface area contributed by atoms with Crippen LogP contribution in [0.15, 0.2) is 66.7 Å². The maximum atomic E-state index is 13.8. The van der Waals surface area contributed by atoms with E-state index < -0.39 is 23.5 Å². The number of aromatic hydroxyl groups is 1. The Labute approximate surface area is 193 Å². The van der Waals surface area contributed by atoms with Crippen LogP contribution < -0.4 is 0 Å². The van der Waals surface area contributed by atoms with Crippen LogP contribution >= 0.6 is 0 Å². The summed E-state index contributed by atoms with van der Waals surface area (Å²) in [5.74, 6) is -1.18. The number of ketones is 1. The standard InChI is InChI=1S/C27H29NO5/c1-18(29)17-28(25(31)23-12-8-11-20-16-21(30)13-14-22(20)23)24(26(32)33-27(2,3)4)15-19-9-6-5-7-10-19/h5-14,16,24,30H,15,17H2,1-4H3/t24-/m0/s1. The van der Waals surface area contributed by atoms with Gasteiger partial charge >= 0.3 is 5.97 Å². The fourth-order valence-electron chi connectivity index (χ4n) is 3.70. The number of benzene rings is 3. The van der Waals surface area contributed by atoms with Gasteiger partial charge in [0.2, 0.25) is 0 Å². The predicted molar refractivity (Wildman–Crippen MR) is 127 cm³/mol. The molecule has 0 bridgehead atoms. The zero-order chi connectivity index (χ0) is 24.2. The molecule has 3 aromatic carbocycles. The minimum atomic E-state index is -0.990. The van der Waals surface area contributed by atoms with Crippen LogP contribution in [0.3, 0.4) is 0 Å². The van der Waals surface area contributed by atoms with E-state index in [4.69, 9.17) is 4.74 Å². The predicted octanol–water partition coefficient (Wildman–Crippen LogP) is 4.53. The Balaban J connectivity index is 2.08. The van der Waals surface area contributed by atoms with Crippen molar-refractivity contribution in [2.24, 2.45) is 0 Å². The van der Waals surface area contributed by atoms with Crippen molar-refractivity contribution in [3.8, 4) is 5.75 Å². The molecule has 1 atom stereocenters. The fourth-order valence-corrected chi connectivity index (χ4v) is 3.70. The Morgan fingerprint density at radius 2 is 1.67 bits per heavy atom. The van der Waals surface area contributed by atoms with Gasteiger partial charge in [0.05, 0.1) is 6.54 Å². The number of ether oxygens (including phenoxy) is 1. The average Bonchev–Trinajstić information content (AvgIpc) is 2.74. The molecule has 0 heterocycles. The van der Waals surface area contributed by atoms with Gasteiger partial charge in [0, 0.05) is 12.0 Å². The Bertz CT molecular complexity index is 1160. The highest BCUT2D eigenvalue weighted by Gasteiger charge is 2.35. The van der Waals surface area contributed by atoms with Crippen LogP contribution in [-0.2, 0) is 20.7 Å². The molecule has 33 heavy (non-hydrogen) atoms. The van der Waals surface area contributed by atoms with E-state index in [0.717, 1.165) is 5.56 Å². The van der Waals surface area contributed by atoms with E-state index in [0.29, 0.717) is 16.3 Å². The van der Waals surface area contributed by atoms with Crippen molar-refractivity contribution in [1.82, 2.24) is 4.90 Å². The van der Waals surface area contributed by atoms with Crippen LogP contribution in [0, 0.1) is 0 Å². The molecule has 0 aliphatic heterocycles. The Morgan fingerprint density at radius 1 is 0.970 bits per heavy atom. The van der Waals surface area contributed by atoms with Crippen molar-refractivity contribution in [2.75, 3.05) is 6.54 Å². The van der Waals surface area contributed by atoms with Crippen molar-refractivity contribution in [3.63, 3.8) is 0 Å². The Morgan fingerprint density at radius 3 is 2.30 bits per heavy atom. The number of phenols is 1. The first-order valence-electron chi connectivity index (χ1n) is 10.8. The van der Waals surface area contributed by atoms with Crippen molar-refractivity contribution >= 4 is 28.4 Å². The molecule has 0 fully saturated rings. The number of esters is 1. The molecule has 172 valence electrons. The number of carbonyl (C=O) groups excluding carboxylic acids is 3. The highest BCUT2D eigenvalue weighted by Crippen LogP contribution is 2.26. The van der Waals surface area contributed by atoms with Crippen LogP contribution in [0.4, 0.5) is 0 Å². The third-order valence-corrected chi connectivity index (χ3v) is 5.08. The highest BCUT2D eigenvalue weighted by atomic mass is 16.6. The van der Waals surface area contributed by atoms with Gasteiger partial charge < -0.3 is 14.7 Å². The molecular formula is C27H29NO5. The lowest BCUT2D eigenvalue weighted by atomic mass is 10.00. The third-order valence-electron chi connectivity index (χ3n) is 5.08. The molecule has 0 aromatic heterocycles. The first-order valence-corrected chi connectivity index (χ1v) is 10.8. The van der Waals surface area contributed by atoms with E-state index in [-0.39, 0.29) is 24.5 Å². The van der Waals surface area contributed by atoms with E-state index in [1.807, 2.05) is 30.3 Å². The molecule has 3 aromatic rings. The summed E-state index contributed by atoms with van der Waals surface area (Å²) in [6, 6.07) is 18.2. The van der Waals surface area contributed by atoms with Crippen molar-refractivity contribution in [1.29, 1.82) is 0 Å². The van der Waals surface area contributed by atoms with Crippen molar-refractivity contribution in [3.05, 3.63) is 77.9 Å². The summed E-state index contributed by atoms with van der Waals surface area (Å²) >= 11 is 0. The molecule has 0 radical (unpaired) electrons. The van der Waals surface area contributed by atoms with E-state index in [1.54, 1.807) is 51.1 Å². The van der Waals surface area contributed by atoms with Crippen LogP contribution in [-0.4, -0.2) is 45.9 Å². The summed E-state index contributed by atoms with van der Waals surface area (Å²) in [5, 5.41) is 11.1. The average molecular weight is 448 g/mol. The quantitative estimate of drug-likeness (QED) is 0.538. The molecule has 6 nitrogen and oxygen atoms in total. The molecule has 1 N–H and O–H groups in total. The fraction of sp³-hybridized carbons (Fsp3) is 0.296. The summed E-state index contributed by atoms with van der Waals surface area (Å²) < 4.78 is 5.65. The molecule has 3 rings (SSSR count). The summed E-state index contributed by atoms with van der Waals surface area (Å²) in [6.45, 7) is 6.44. The molecule has 0 unspecified atom stereocenters. The van der Waals surface area contributed by atoms with Crippen LogP contribution in [0.2, 0.25) is 0 Å². The lowest BCUT2D eigenvalue weighted by Crippen LogP contribution is -2.50. The largest absolute Gasteiger partial charge is 0.508 e. The first kappa shape index (κ1) is 24.0. The molecule has 0 spiro atoms. The van der Waals surface area contributed by atoms with Gasteiger partial charge in [-0.25, -0.2) is 4.79 Å². The number of rotatable bonds is 7. The SMILES string of the molecule is CC(=O)CN(C(=O)c1cccc2cc(O)ccc12)[C@@H](Cc1ccccc1)C(=O)OC(C)(C)C. The first-order chi connectivity index (χ1) is 15.5. The molecule has 0 saturated heterocycles. The number of phenolic OH excluding ortho intramolecular Hbond substituents is 1. The summed E-state index contributed by atoms with van der Waals surface area (Å²) in [7, 11) is 0. The maximum absolute atomic E-state index is 13.8. The summed E-state index contributed by atoms with van der Waals surface area (Å²) in [5.41, 5.74) is 0.432. The number of carbonyl (C=O) groups is 3. The third kappa shape index (κ3) is 6.19. The van der Waals surface area contributed by atoms with Crippen LogP contribution in [0.25, 0.3) is 10.8 Å². The number of hydrogen-bond donors (Lipinski definition) is 1. The topological polar surface area (TPSA) is 83.9 Å². The van der Waals surface area contributed by atoms with Gasteiger partial charge in [-0.2, -0.15) is 0 Å². The maximum Gasteiger partial charge on any atom is 0.329 e. The second kappa shape index (κ2) is 9.86.